The molecule has 1 aliphatic rings. The standard InChI is InChI=1S/C19H22N2O4S/c1-2-25-14-19(22)20-16-9-11-17(12-10-16)26(23,24)21-13-5-7-15-6-3-4-8-18(15)21/h3-4,6,8-12H,2,5,7,13-14H2,1H3,(H,20,22). The molecule has 26 heavy (non-hydrogen) atoms. The van der Waals surface area contributed by atoms with Crippen LogP contribution in [-0.4, -0.2) is 34.1 Å². The first-order chi connectivity index (χ1) is 12.5. The second kappa shape index (κ2) is 7.88. The predicted molar refractivity (Wildman–Crippen MR) is 101 cm³/mol. The SMILES string of the molecule is CCOCC(=O)Nc1ccc(S(=O)(=O)N2CCCc3ccccc32)cc1. The van der Waals surface area contributed by atoms with Gasteiger partial charge in [0, 0.05) is 18.8 Å². The quantitative estimate of drug-likeness (QED) is 0.844. The molecule has 0 bridgehead atoms. The number of rotatable bonds is 6. The molecule has 3 rings (SSSR count). The van der Waals surface area contributed by atoms with E-state index in [0.29, 0.717) is 18.8 Å². The van der Waals surface area contributed by atoms with Gasteiger partial charge in [0.25, 0.3) is 10.0 Å². The average Bonchev–Trinajstić information content (AvgIpc) is 2.66. The van der Waals surface area contributed by atoms with Crippen LogP contribution in [-0.2, 0) is 26.0 Å². The minimum absolute atomic E-state index is 0.0267. The van der Waals surface area contributed by atoms with Crippen LogP contribution in [0.5, 0.6) is 0 Å². The summed E-state index contributed by atoms with van der Waals surface area (Å²) in [4.78, 5) is 11.9. The van der Waals surface area contributed by atoms with E-state index in [1.807, 2.05) is 31.2 Å². The molecule has 0 spiro atoms. The van der Waals surface area contributed by atoms with Crippen LogP contribution in [0.25, 0.3) is 0 Å². The maximum atomic E-state index is 13.0. The van der Waals surface area contributed by atoms with Crippen molar-refractivity contribution >= 4 is 27.3 Å². The van der Waals surface area contributed by atoms with Gasteiger partial charge in [0.05, 0.1) is 10.6 Å². The number of benzene rings is 2. The molecule has 6 nitrogen and oxygen atoms in total. The number of nitrogens with zero attached hydrogens (tertiary/aromatic N) is 1. The summed E-state index contributed by atoms with van der Waals surface area (Å²) < 4.78 is 32.6. The minimum atomic E-state index is -3.64. The molecule has 2 aromatic carbocycles. The van der Waals surface area contributed by atoms with Crippen LogP contribution in [0.4, 0.5) is 11.4 Å². The van der Waals surface area contributed by atoms with Gasteiger partial charge in [0.2, 0.25) is 5.91 Å². The normalized spacial score (nSPS) is 14.0. The average molecular weight is 374 g/mol. The molecule has 138 valence electrons. The largest absolute Gasteiger partial charge is 0.372 e. The number of para-hydroxylation sites is 1. The molecule has 1 heterocycles. The van der Waals surface area contributed by atoms with E-state index in [9.17, 15) is 13.2 Å². The number of hydrogen-bond donors (Lipinski definition) is 1. The number of carbonyl (C=O) groups excluding carboxylic acids is 1. The zero-order valence-electron chi connectivity index (χ0n) is 14.6. The molecule has 0 aliphatic carbocycles. The molecule has 0 saturated carbocycles. The highest BCUT2D eigenvalue weighted by molar-refractivity contribution is 7.92. The third kappa shape index (κ3) is 3.89. The second-order valence-corrected chi connectivity index (χ2v) is 7.88. The lowest BCUT2D eigenvalue weighted by Crippen LogP contribution is -2.35. The molecule has 1 N–H and O–H groups in total. The topological polar surface area (TPSA) is 75.7 Å². The number of carbonyl (C=O) groups is 1. The maximum Gasteiger partial charge on any atom is 0.264 e. The summed E-state index contributed by atoms with van der Waals surface area (Å²) in [5.41, 5.74) is 2.32. The fourth-order valence-electron chi connectivity index (χ4n) is 2.98. The van der Waals surface area contributed by atoms with Crippen molar-refractivity contribution in [3.05, 3.63) is 54.1 Å². The number of hydrogen-bond acceptors (Lipinski definition) is 4. The Morgan fingerprint density at radius 3 is 2.62 bits per heavy atom. The molecule has 0 unspecified atom stereocenters. The number of nitrogens with one attached hydrogen (secondary N) is 1. The highest BCUT2D eigenvalue weighted by atomic mass is 32.2. The van der Waals surface area contributed by atoms with E-state index >= 15 is 0 Å². The third-order valence-corrected chi connectivity index (χ3v) is 6.06. The van der Waals surface area contributed by atoms with E-state index in [1.54, 1.807) is 12.1 Å². The summed E-state index contributed by atoms with van der Waals surface area (Å²) in [6, 6.07) is 13.8. The van der Waals surface area contributed by atoms with Crippen LogP contribution in [0.2, 0.25) is 0 Å². The van der Waals surface area contributed by atoms with Gasteiger partial charge in [-0.05, 0) is 55.7 Å². The Morgan fingerprint density at radius 2 is 1.88 bits per heavy atom. The van der Waals surface area contributed by atoms with Crippen LogP contribution in [0, 0.1) is 0 Å². The van der Waals surface area contributed by atoms with Crippen LogP contribution >= 0.6 is 0 Å². The van der Waals surface area contributed by atoms with Gasteiger partial charge in [0.15, 0.2) is 0 Å². The Bertz CT molecular complexity index is 879. The molecule has 0 saturated heterocycles. The van der Waals surface area contributed by atoms with Crippen LogP contribution in [0.1, 0.15) is 18.9 Å². The number of aryl methyl sites for hydroxylation is 1. The molecule has 1 aliphatic heterocycles. The summed E-state index contributed by atoms with van der Waals surface area (Å²) in [7, 11) is -3.64. The van der Waals surface area contributed by atoms with E-state index < -0.39 is 10.0 Å². The summed E-state index contributed by atoms with van der Waals surface area (Å²) in [6.45, 7) is 2.71. The van der Waals surface area contributed by atoms with Gasteiger partial charge in [-0.25, -0.2) is 8.42 Å². The van der Waals surface area contributed by atoms with Crippen LogP contribution < -0.4 is 9.62 Å². The molecule has 0 radical (unpaired) electrons. The Hall–Kier alpha value is -2.38. The highest BCUT2D eigenvalue weighted by Gasteiger charge is 2.28. The Kier molecular flexibility index (Phi) is 5.58. The Balaban J connectivity index is 1.80. The van der Waals surface area contributed by atoms with Crippen LogP contribution in [0.15, 0.2) is 53.4 Å². The molecule has 0 atom stereocenters. The van der Waals surface area contributed by atoms with E-state index in [0.717, 1.165) is 24.1 Å². The molecule has 1 amide bonds. The monoisotopic (exact) mass is 374 g/mol. The van der Waals surface area contributed by atoms with Crippen LogP contribution in [0.3, 0.4) is 0 Å². The van der Waals surface area contributed by atoms with Crippen molar-refractivity contribution in [2.75, 3.05) is 29.4 Å². The number of ether oxygens (including phenoxy) is 1. The first kappa shape index (κ1) is 18.4. The van der Waals surface area contributed by atoms with Crippen molar-refractivity contribution in [3.63, 3.8) is 0 Å². The van der Waals surface area contributed by atoms with Gasteiger partial charge in [0.1, 0.15) is 6.61 Å². The van der Waals surface area contributed by atoms with Gasteiger partial charge in [-0.15, -0.1) is 0 Å². The van der Waals surface area contributed by atoms with Crippen molar-refractivity contribution in [2.24, 2.45) is 0 Å². The first-order valence-electron chi connectivity index (χ1n) is 8.60. The molecule has 2 aromatic rings. The van der Waals surface area contributed by atoms with Crippen molar-refractivity contribution in [1.29, 1.82) is 0 Å². The fourth-order valence-corrected chi connectivity index (χ4v) is 4.52. The molecular weight excluding hydrogens is 352 g/mol. The lowest BCUT2D eigenvalue weighted by molar-refractivity contribution is -0.120. The number of anilines is 2. The number of fused-ring (bicyclic) bond motifs is 1. The summed E-state index contributed by atoms with van der Waals surface area (Å²) in [5, 5.41) is 2.68. The molecule has 0 fully saturated rings. The summed E-state index contributed by atoms with van der Waals surface area (Å²) in [6.07, 6.45) is 1.68. The first-order valence-corrected chi connectivity index (χ1v) is 10.0. The van der Waals surface area contributed by atoms with E-state index in [-0.39, 0.29) is 17.4 Å². The van der Waals surface area contributed by atoms with Gasteiger partial charge in [-0.1, -0.05) is 18.2 Å². The van der Waals surface area contributed by atoms with Crippen molar-refractivity contribution < 1.29 is 17.9 Å². The van der Waals surface area contributed by atoms with Gasteiger partial charge in [-0.3, -0.25) is 9.10 Å². The lowest BCUT2D eigenvalue weighted by Gasteiger charge is -2.30. The predicted octanol–water partition coefficient (Wildman–Crippen LogP) is 2.80. The summed E-state index contributed by atoms with van der Waals surface area (Å²) in [5.74, 6) is -0.271. The Labute approximate surface area is 153 Å². The minimum Gasteiger partial charge on any atom is -0.372 e. The number of amides is 1. The molecule has 0 aromatic heterocycles. The Morgan fingerprint density at radius 1 is 1.15 bits per heavy atom. The zero-order valence-corrected chi connectivity index (χ0v) is 15.5. The third-order valence-electron chi connectivity index (χ3n) is 4.23. The van der Waals surface area contributed by atoms with Crippen molar-refractivity contribution in [1.82, 2.24) is 0 Å². The maximum absolute atomic E-state index is 13.0. The van der Waals surface area contributed by atoms with Gasteiger partial charge in [-0.2, -0.15) is 0 Å². The van der Waals surface area contributed by atoms with E-state index in [4.69, 9.17) is 4.74 Å². The summed E-state index contributed by atoms with van der Waals surface area (Å²) >= 11 is 0. The molecular formula is C19H22N2O4S. The second-order valence-electron chi connectivity index (χ2n) is 6.02. The van der Waals surface area contributed by atoms with Crippen molar-refractivity contribution in [2.45, 2.75) is 24.7 Å². The zero-order chi connectivity index (χ0) is 18.6. The number of sulfonamides is 1. The fraction of sp³-hybridized carbons (Fsp3) is 0.316. The van der Waals surface area contributed by atoms with E-state index in [2.05, 4.69) is 5.32 Å². The van der Waals surface area contributed by atoms with Crippen molar-refractivity contribution in [3.8, 4) is 0 Å². The van der Waals surface area contributed by atoms with Gasteiger partial charge >= 0.3 is 0 Å². The smallest absolute Gasteiger partial charge is 0.264 e. The molecule has 7 heteroatoms. The highest BCUT2D eigenvalue weighted by Crippen LogP contribution is 2.31. The van der Waals surface area contributed by atoms with E-state index in [1.165, 1.54) is 16.4 Å². The van der Waals surface area contributed by atoms with Gasteiger partial charge < -0.3 is 10.1 Å². The lowest BCUT2D eigenvalue weighted by atomic mass is 10.0.